The van der Waals surface area contributed by atoms with Crippen molar-refractivity contribution in [3.8, 4) is 28.3 Å². The average molecular weight is 461 g/mol. The number of aromatic nitrogens is 2. The predicted octanol–water partition coefficient (Wildman–Crippen LogP) is 3.83. The molecule has 2 fully saturated rings. The Morgan fingerprint density at radius 3 is 2.59 bits per heavy atom. The first-order valence-corrected chi connectivity index (χ1v) is 11.2. The number of aliphatic hydroxyl groups is 1. The topological polar surface area (TPSA) is 103 Å². The van der Waals surface area contributed by atoms with E-state index >= 15 is 0 Å². The van der Waals surface area contributed by atoms with Crippen LogP contribution in [0.15, 0.2) is 54.6 Å². The van der Waals surface area contributed by atoms with Crippen LogP contribution < -0.4 is 10.5 Å². The van der Waals surface area contributed by atoms with Crippen molar-refractivity contribution in [3.05, 3.63) is 66.0 Å². The number of benzene rings is 2. The number of nitrogens with zero attached hydrogens (tertiary/aromatic N) is 1. The highest BCUT2D eigenvalue weighted by Gasteiger charge is 2.48. The normalized spacial score (nSPS) is 24.0. The lowest BCUT2D eigenvalue weighted by atomic mass is 9.98. The number of rotatable bonds is 4. The smallest absolute Gasteiger partial charge is 0.193 e. The van der Waals surface area contributed by atoms with Gasteiger partial charge in [-0.1, -0.05) is 30.3 Å². The standard InChI is InChI=1S/C26H24FN3O4/c1-13-8-16(28)6-7-17(13)14-2-4-15(5-3-14)24-18(27)9-19-20(30-24)10-23(29-19)34-22-12-33-25-21(31)11-32-26(22)25/h2-10,21-22,25-26,29,31H,11-12,28H2,1H3/t21?,22?,25-,26-/m1/s1. The third-order valence-corrected chi connectivity index (χ3v) is 6.51. The summed E-state index contributed by atoms with van der Waals surface area (Å²) in [6.07, 6.45) is -1.71. The van der Waals surface area contributed by atoms with Crippen LogP contribution in [-0.2, 0) is 9.47 Å². The van der Waals surface area contributed by atoms with E-state index in [-0.39, 0.29) is 30.6 Å². The summed E-state index contributed by atoms with van der Waals surface area (Å²) in [4.78, 5) is 7.61. The molecule has 2 aliphatic rings. The molecular formula is C26H24FN3O4. The largest absolute Gasteiger partial charge is 0.470 e. The maximum Gasteiger partial charge on any atom is 0.193 e. The molecule has 0 radical (unpaired) electrons. The first kappa shape index (κ1) is 21.1. The lowest BCUT2D eigenvalue weighted by Crippen LogP contribution is -2.34. The number of nitrogens with two attached hydrogens (primary N) is 1. The number of aryl methyl sites for hydroxylation is 1. The Morgan fingerprint density at radius 2 is 1.79 bits per heavy atom. The molecule has 174 valence electrons. The van der Waals surface area contributed by atoms with Gasteiger partial charge >= 0.3 is 0 Å². The average Bonchev–Trinajstić information content (AvgIpc) is 3.50. The van der Waals surface area contributed by atoms with Gasteiger partial charge in [0, 0.05) is 23.4 Å². The van der Waals surface area contributed by atoms with Crippen molar-refractivity contribution in [2.45, 2.75) is 31.3 Å². The van der Waals surface area contributed by atoms with Gasteiger partial charge in [-0.05, 0) is 35.7 Å². The highest BCUT2D eigenvalue weighted by molar-refractivity contribution is 5.81. The Hall–Kier alpha value is -3.46. The molecule has 0 bridgehead atoms. The summed E-state index contributed by atoms with van der Waals surface area (Å²) in [5.41, 5.74) is 11.8. The van der Waals surface area contributed by atoms with Crippen molar-refractivity contribution in [1.82, 2.24) is 9.97 Å². The van der Waals surface area contributed by atoms with Crippen LogP contribution in [0, 0.1) is 12.7 Å². The van der Waals surface area contributed by atoms with Gasteiger partial charge in [-0.25, -0.2) is 9.37 Å². The van der Waals surface area contributed by atoms with Crippen LogP contribution >= 0.6 is 0 Å². The van der Waals surface area contributed by atoms with Gasteiger partial charge in [-0.15, -0.1) is 0 Å². The molecule has 2 aliphatic heterocycles. The Bertz CT molecular complexity index is 1370. The number of fused-ring (bicyclic) bond motifs is 2. The lowest BCUT2D eigenvalue weighted by molar-refractivity contribution is 0.00794. The minimum absolute atomic E-state index is 0.231. The van der Waals surface area contributed by atoms with Gasteiger partial charge in [0.15, 0.2) is 17.8 Å². The van der Waals surface area contributed by atoms with E-state index in [1.807, 2.05) is 49.4 Å². The fourth-order valence-electron chi connectivity index (χ4n) is 4.80. The van der Waals surface area contributed by atoms with Crippen LogP contribution in [0.2, 0.25) is 0 Å². The number of nitrogens with one attached hydrogen (secondary N) is 1. The summed E-state index contributed by atoms with van der Waals surface area (Å²) >= 11 is 0. The van der Waals surface area contributed by atoms with Crippen LogP contribution in [0.3, 0.4) is 0 Å². The Morgan fingerprint density at radius 1 is 1.03 bits per heavy atom. The molecule has 0 saturated carbocycles. The zero-order valence-corrected chi connectivity index (χ0v) is 18.5. The molecule has 2 saturated heterocycles. The summed E-state index contributed by atoms with van der Waals surface area (Å²) in [5, 5.41) is 9.90. The quantitative estimate of drug-likeness (QED) is 0.399. The number of nitrogen functional groups attached to an aromatic ring is 1. The number of anilines is 1. The van der Waals surface area contributed by atoms with E-state index in [1.165, 1.54) is 6.07 Å². The van der Waals surface area contributed by atoms with Crippen LogP contribution in [0.5, 0.6) is 5.88 Å². The molecule has 6 rings (SSSR count). The number of ether oxygens (including phenoxy) is 3. The van der Waals surface area contributed by atoms with Gasteiger partial charge in [0.05, 0.1) is 24.2 Å². The van der Waals surface area contributed by atoms with Crippen LogP contribution in [0.1, 0.15) is 5.56 Å². The van der Waals surface area contributed by atoms with E-state index < -0.39 is 11.9 Å². The third kappa shape index (κ3) is 3.60. The van der Waals surface area contributed by atoms with Crippen molar-refractivity contribution in [1.29, 1.82) is 0 Å². The zero-order valence-electron chi connectivity index (χ0n) is 18.5. The van der Waals surface area contributed by atoms with Gasteiger partial charge in [-0.2, -0.15) is 0 Å². The van der Waals surface area contributed by atoms with Gasteiger partial charge in [0.1, 0.15) is 24.0 Å². The van der Waals surface area contributed by atoms with Gasteiger partial charge < -0.3 is 30.0 Å². The predicted molar refractivity (Wildman–Crippen MR) is 126 cm³/mol. The minimum atomic E-state index is -0.644. The molecular weight excluding hydrogens is 437 g/mol. The molecule has 2 aromatic heterocycles. The first-order chi connectivity index (χ1) is 16.5. The number of H-pyrrole nitrogens is 1. The molecule has 2 aromatic carbocycles. The highest BCUT2D eigenvalue weighted by Crippen LogP contribution is 2.33. The molecule has 4 heterocycles. The molecule has 4 aromatic rings. The molecule has 4 atom stereocenters. The Balaban J connectivity index is 1.26. The van der Waals surface area contributed by atoms with E-state index in [0.29, 0.717) is 29.1 Å². The number of aliphatic hydroxyl groups excluding tert-OH is 1. The number of pyridine rings is 1. The zero-order chi connectivity index (χ0) is 23.4. The Kier molecular flexibility index (Phi) is 5.02. The molecule has 7 nitrogen and oxygen atoms in total. The van der Waals surface area contributed by atoms with Crippen molar-refractivity contribution < 1.29 is 23.7 Å². The molecule has 8 heteroatoms. The Labute approximate surface area is 195 Å². The van der Waals surface area contributed by atoms with Crippen LogP contribution in [0.4, 0.5) is 10.1 Å². The lowest BCUT2D eigenvalue weighted by Gasteiger charge is -2.16. The van der Waals surface area contributed by atoms with Crippen molar-refractivity contribution >= 4 is 16.7 Å². The molecule has 34 heavy (non-hydrogen) atoms. The fraction of sp³-hybridized carbons (Fsp3) is 0.269. The van der Waals surface area contributed by atoms with Crippen LogP contribution in [0.25, 0.3) is 33.4 Å². The summed E-state index contributed by atoms with van der Waals surface area (Å²) in [5.74, 6) is 0.0243. The van der Waals surface area contributed by atoms with E-state index in [4.69, 9.17) is 19.9 Å². The van der Waals surface area contributed by atoms with E-state index in [9.17, 15) is 9.50 Å². The van der Waals surface area contributed by atoms with E-state index in [1.54, 1.807) is 6.07 Å². The highest BCUT2D eigenvalue weighted by atomic mass is 19.1. The fourth-order valence-corrected chi connectivity index (χ4v) is 4.80. The monoisotopic (exact) mass is 461 g/mol. The summed E-state index contributed by atoms with van der Waals surface area (Å²) in [6.45, 7) is 2.56. The second-order valence-electron chi connectivity index (χ2n) is 8.86. The molecule has 2 unspecified atom stereocenters. The second kappa shape index (κ2) is 8.09. The third-order valence-electron chi connectivity index (χ3n) is 6.51. The van der Waals surface area contributed by atoms with Gasteiger partial charge in [-0.3, -0.25) is 0 Å². The molecule has 0 amide bonds. The molecule has 0 spiro atoms. The van der Waals surface area contributed by atoms with Gasteiger partial charge in [0.2, 0.25) is 0 Å². The maximum absolute atomic E-state index is 15.0. The minimum Gasteiger partial charge on any atom is -0.470 e. The summed E-state index contributed by atoms with van der Waals surface area (Å²) < 4.78 is 32.2. The van der Waals surface area contributed by atoms with Crippen molar-refractivity contribution in [2.75, 3.05) is 18.9 Å². The number of aromatic amines is 1. The van der Waals surface area contributed by atoms with Crippen LogP contribution in [-0.4, -0.2) is 52.7 Å². The van der Waals surface area contributed by atoms with E-state index in [0.717, 1.165) is 22.4 Å². The number of hydrogen-bond acceptors (Lipinski definition) is 6. The van der Waals surface area contributed by atoms with Crippen molar-refractivity contribution in [3.63, 3.8) is 0 Å². The molecule has 0 aliphatic carbocycles. The summed E-state index contributed by atoms with van der Waals surface area (Å²) in [6, 6.07) is 16.6. The van der Waals surface area contributed by atoms with E-state index in [2.05, 4.69) is 9.97 Å². The van der Waals surface area contributed by atoms with Crippen molar-refractivity contribution in [2.24, 2.45) is 0 Å². The summed E-state index contributed by atoms with van der Waals surface area (Å²) in [7, 11) is 0. The SMILES string of the molecule is Cc1cc(N)ccc1-c1ccc(-c2nc3cc(OC4CO[C@@H]5C(O)CO[C@H]45)[nH]c3cc2F)cc1. The first-order valence-electron chi connectivity index (χ1n) is 11.2. The number of hydrogen-bond donors (Lipinski definition) is 3. The maximum atomic E-state index is 15.0. The molecule has 4 N–H and O–H groups in total. The second-order valence-corrected chi connectivity index (χ2v) is 8.86. The van der Waals surface area contributed by atoms with Gasteiger partial charge in [0.25, 0.3) is 0 Å². The number of halogens is 1.